The third kappa shape index (κ3) is 10.7. The fourth-order valence-corrected chi connectivity index (χ4v) is 11.8. The van der Waals surface area contributed by atoms with E-state index < -0.39 is 69.9 Å². The first kappa shape index (κ1) is 51.0. The van der Waals surface area contributed by atoms with E-state index in [4.69, 9.17) is 19.9 Å². The minimum Gasteiger partial charge on any atom is -0.380 e. The Balaban J connectivity index is 1.22. The van der Waals surface area contributed by atoms with Crippen LogP contribution in [-0.4, -0.2) is 78.2 Å². The van der Waals surface area contributed by atoms with Crippen LogP contribution in [0, 0.1) is 39.9 Å². The predicted molar refractivity (Wildman–Crippen MR) is 258 cm³/mol. The highest BCUT2D eigenvalue weighted by molar-refractivity contribution is 6.22. The molecule has 4 aliphatic heterocycles. The number of carbonyl (C=O) groups is 4. The van der Waals surface area contributed by atoms with E-state index in [0.717, 1.165) is 24.8 Å². The number of rotatable bonds is 26. The summed E-state index contributed by atoms with van der Waals surface area (Å²) in [5.74, 6) is -4.02. The number of hydrogen-bond donors (Lipinski definition) is 1. The van der Waals surface area contributed by atoms with E-state index in [9.17, 15) is 19.2 Å². The molecule has 0 aliphatic carbocycles. The van der Waals surface area contributed by atoms with Crippen molar-refractivity contribution in [1.29, 1.82) is 0 Å². The average Bonchev–Trinajstić information content (AvgIpc) is 4.01. The largest absolute Gasteiger partial charge is 0.380 e. The molecule has 9 atom stereocenters. The first-order valence-electron chi connectivity index (χ1n) is 25.4. The first-order valence-corrected chi connectivity index (χ1v) is 25.4. The number of carbonyl (C=O) groups excluding carboxylic acids is 4. The van der Waals surface area contributed by atoms with Crippen LogP contribution in [0.1, 0.15) is 158 Å². The predicted octanol–water partition coefficient (Wildman–Crippen LogP) is 10.5. The molecule has 0 bridgehead atoms. The lowest BCUT2D eigenvalue weighted by Crippen LogP contribution is -2.57. The minimum atomic E-state index is -1.10. The summed E-state index contributed by atoms with van der Waals surface area (Å²) in [6.45, 7) is 19.5. The van der Waals surface area contributed by atoms with Crippen LogP contribution in [0.3, 0.4) is 0 Å². The molecule has 0 spiro atoms. The van der Waals surface area contributed by atoms with Crippen molar-refractivity contribution in [1.82, 2.24) is 4.90 Å². The zero-order chi connectivity index (χ0) is 47.2. The molecule has 4 heterocycles. The summed E-state index contributed by atoms with van der Waals surface area (Å²) < 4.78 is 20.1. The minimum absolute atomic E-state index is 0.139. The smallest absolute Gasteiger partial charge is 0.240 e. The van der Waals surface area contributed by atoms with Gasteiger partial charge in [-0.25, -0.2) is 4.90 Å². The number of anilines is 1. The molecule has 4 fully saturated rings. The first-order chi connectivity index (χ1) is 30.9. The van der Waals surface area contributed by atoms with Gasteiger partial charge in [-0.15, -0.1) is 0 Å². The van der Waals surface area contributed by atoms with Gasteiger partial charge in [-0.05, 0) is 60.6 Å². The molecule has 0 aromatic heterocycles. The molecule has 0 radical (unpaired) electrons. The van der Waals surface area contributed by atoms with Gasteiger partial charge in [0.1, 0.15) is 0 Å². The monoisotopic (exact) mass is 898 g/mol. The van der Waals surface area contributed by atoms with Gasteiger partial charge in [-0.3, -0.25) is 24.1 Å². The maximum absolute atomic E-state index is 14.9. The molecular formula is C55H83N3O7. The SMILES string of the molecule is CCCCCCCCCCCCCCCCN1C(=O)[C@@H]2C(C(C)(C)C(C)(C)C3OC(C(C)(N)COCC)[C@H]4C(=O)N(c5ccccc5)C(=O)[C@@H]34)OC(C(C)(C)Cc3ccccc3)[C@@H]2C1=O. The van der Waals surface area contributed by atoms with Crippen molar-refractivity contribution in [2.75, 3.05) is 24.7 Å². The summed E-state index contributed by atoms with van der Waals surface area (Å²) >= 11 is 0. The highest BCUT2D eigenvalue weighted by Gasteiger charge is 2.71. The second-order valence-electron chi connectivity index (χ2n) is 22.1. The fraction of sp³-hybridized carbons (Fsp3) is 0.709. The third-order valence-corrected chi connectivity index (χ3v) is 16.2. The number of likely N-dealkylation sites (tertiary alicyclic amines) is 1. The van der Waals surface area contributed by atoms with Crippen molar-refractivity contribution in [3.05, 3.63) is 66.2 Å². The van der Waals surface area contributed by atoms with Crippen LogP contribution in [0.2, 0.25) is 0 Å². The Kier molecular flexibility index (Phi) is 17.0. The topological polar surface area (TPSA) is 128 Å². The third-order valence-electron chi connectivity index (χ3n) is 16.2. The summed E-state index contributed by atoms with van der Waals surface area (Å²) in [6, 6.07) is 19.3. The summed E-state index contributed by atoms with van der Waals surface area (Å²) in [5.41, 5.74) is 5.31. The molecule has 5 unspecified atom stereocenters. The number of nitrogens with two attached hydrogens (primary N) is 1. The van der Waals surface area contributed by atoms with Gasteiger partial charge in [0.15, 0.2) is 0 Å². The van der Waals surface area contributed by atoms with Gasteiger partial charge in [-0.1, -0.05) is 180 Å². The fourth-order valence-electron chi connectivity index (χ4n) is 11.8. The van der Waals surface area contributed by atoms with E-state index in [-0.39, 0.29) is 30.2 Å². The molecule has 4 aliphatic rings. The molecule has 2 N–H and O–H groups in total. The Bertz CT molecular complexity index is 1900. The summed E-state index contributed by atoms with van der Waals surface area (Å²) in [5, 5.41) is 0. The Hall–Kier alpha value is -3.44. The van der Waals surface area contributed by atoms with Gasteiger partial charge in [0, 0.05) is 13.2 Å². The van der Waals surface area contributed by atoms with Gasteiger partial charge in [0.2, 0.25) is 23.6 Å². The van der Waals surface area contributed by atoms with Crippen molar-refractivity contribution in [2.24, 2.45) is 45.7 Å². The molecule has 65 heavy (non-hydrogen) atoms. The lowest BCUT2D eigenvalue weighted by molar-refractivity contribution is -0.175. The Morgan fingerprint density at radius 3 is 1.45 bits per heavy atom. The van der Waals surface area contributed by atoms with E-state index in [1.165, 1.54) is 75.5 Å². The molecule has 4 amide bonds. The molecule has 2 aromatic rings. The zero-order valence-electron chi connectivity index (χ0n) is 41.4. The normalized spacial score (nSPS) is 26.9. The van der Waals surface area contributed by atoms with Crippen LogP contribution in [-0.2, 0) is 39.8 Å². The molecule has 10 heteroatoms. The molecule has 10 nitrogen and oxygen atoms in total. The second-order valence-corrected chi connectivity index (χ2v) is 22.1. The number of ether oxygens (including phenoxy) is 3. The van der Waals surface area contributed by atoms with Crippen molar-refractivity contribution in [2.45, 2.75) is 189 Å². The maximum atomic E-state index is 14.9. The van der Waals surface area contributed by atoms with Crippen LogP contribution in [0.15, 0.2) is 60.7 Å². The highest BCUT2D eigenvalue weighted by Crippen LogP contribution is 2.61. The molecule has 2 aromatic carbocycles. The Morgan fingerprint density at radius 1 is 0.538 bits per heavy atom. The van der Waals surface area contributed by atoms with Crippen LogP contribution in [0.5, 0.6) is 0 Å². The van der Waals surface area contributed by atoms with E-state index in [0.29, 0.717) is 25.3 Å². The average molecular weight is 898 g/mol. The van der Waals surface area contributed by atoms with Crippen LogP contribution in [0.25, 0.3) is 0 Å². The van der Waals surface area contributed by atoms with Gasteiger partial charge >= 0.3 is 0 Å². The van der Waals surface area contributed by atoms with Gasteiger partial charge in [0.05, 0.1) is 65.9 Å². The van der Waals surface area contributed by atoms with Crippen LogP contribution in [0.4, 0.5) is 5.69 Å². The van der Waals surface area contributed by atoms with Crippen molar-refractivity contribution in [3.8, 4) is 0 Å². The Labute approximate surface area is 391 Å². The number of hydrogen-bond acceptors (Lipinski definition) is 8. The standard InChI is InChI=1S/C55H83N3O7/c1-10-12-13-14-15-16-17-18-19-20-21-22-23-30-35-57-48(59)40-41(49(57)60)45(64-44(40)52(3,4)36-38-31-26-24-27-32-38)53(5,6)54(7,8)46-42-43(47(65-46)55(9,56)37-63-11-2)51(62)58(50(42)61)39-33-28-25-29-34-39/h24-29,31-34,40-47H,10-23,30,35-37,56H2,1-9H3/t40-,41+,42-,43+,44?,45?,46?,47?,55?/m1/s1. The Morgan fingerprint density at radius 2 is 0.954 bits per heavy atom. The van der Waals surface area contributed by atoms with E-state index in [1.807, 2.05) is 50.2 Å². The molecular weight excluding hydrogens is 815 g/mol. The quantitative estimate of drug-likeness (QED) is 0.0730. The number of benzene rings is 2. The highest BCUT2D eigenvalue weighted by atomic mass is 16.5. The van der Waals surface area contributed by atoms with Gasteiger partial charge in [0.25, 0.3) is 0 Å². The maximum Gasteiger partial charge on any atom is 0.240 e. The zero-order valence-corrected chi connectivity index (χ0v) is 41.4. The summed E-state index contributed by atoms with van der Waals surface area (Å²) in [6.07, 6.45) is 15.1. The van der Waals surface area contributed by atoms with Crippen LogP contribution >= 0.6 is 0 Å². The number of amides is 4. The molecule has 4 saturated heterocycles. The molecule has 6 rings (SSSR count). The second kappa shape index (κ2) is 21.7. The summed E-state index contributed by atoms with van der Waals surface area (Å²) in [7, 11) is 0. The van der Waals surface area contributed by atoms with E-state index >= 15 is 0 Å². The number of fused-ring (bicyclic) bond motifs is 2. The number of para-hydroxylation sites is 1. The van der Waals surface area contributed by atoms with E-state index in [1.54, 1.807) is 17.0 Å². The van der Waals surface area contributed by atoms with Crippen LogP contribution < -0.4 is 10.6 Å². The number of unbranched alkanes of at least 4 members (excludes halogenated alkanes) is 13. The van der Waals surface area contributed by atoms with Crippen molar-refractivity contribution < 1.29 is 33.4 Å². The summed E-state index contributed by atoms with van der Waals surface area (Å²) in [4.78, 5) is 61.8. The van der Waals surface area contributed by atoms with Crippen molar-refractivity contribution >= 4 is 29.3 Å². The van der Waals surface area contributed by atoms with Gasteiger partial charge < -0.3 is 19.9 Å². The lowest BCUT2D eigenvalue weighted by Gasteiger charge is -2.51. The molecule has 360 valence electrons. The lowest BCUT2D eigenvalue weighted by atomic mass is 9.57. The van der Waals surface area contributed by atoms with Crippen molar-refractivity contribution in [3.63, 3.8) is 0 Å². The molecule has 0 saturated carbocycles. The number of nitrogens with zero attached hydrogens (tertiary/aromatic N) is 2. The van der Waals surface area contributed by atoms with E-state index in [2.05, 4.69) is 60.6 Å². The number of imide groups is 2. The van der Waals surface area contributed by atoms with Gasteiger partial charge in [-0.2, -0.15) is 0 Å².